The van der Waals surface area contributed by atoms with Crippen molar-refractivity contribution in [3.05, 3.63) is 24.1 Å². The van der Waals surface area contributed by atoms with Gasteiger partial charge in [-0.3, -0.25) is 4.90 Å². The smallest absolute Gasteiger partial charge is 0.209 e. The zero-order valence-electron chi connectivity index (χ0n) is 12.3. The number of rotatable bonds is 5. The lowest BCUT2D eigenvalue weighted by Gasteiger charge is -2.32. The number of aliphatic hydroxyl groups excluding tert-OH is 1. The molecule has 0 unspecified atom stereocenters. The Hall–Kier alpha value is -1.59. The molecule has 1 saturated carbocycles. The molecule has 2 aromatic rings. The molecule has 114 valence electrons. The van der Waals surface area contributed by atoms with E-state index in [0.717, 1.165) is 11.1 Å². The summed E-state index contributed by atoms with van der Waals surface area (Å²) < 4.78 is 5.80. The van der Waals surface area contributed by atoms with E-state index >= 15 is 0 Å². The van der Waals surface area contributed by atoms with Crippen molar-refractivity contribution in [2.24, 2.45) is 0 Å². The maximum atomic E-state index is 9.32. The molecule has 0 atom stereocenters. The van der Waals surface area contributed by atoms with E-state index in [4.69, 9.17) is 10.2 Å². The third-order valence-corrected chi connectivity index (χ3v) is 4.31. The van der Waals surface area contributed by atoms with Crippen LogP contribution in [0.15, 0.2) is 22.6 Å². The summed E-state index contributed by atoms with van der Waals surface area (Å²) in [5.74, 6) is 0.682. The number of anilines is 1. The number of aliphatic hydroxyl groups is 1. The van der Waals surface area contributed by atoms with Crippen molar-refractivity contribution < 1.29 is 9.52 Å². The number of nitrogens with zero attached hydrogens (tertiary/aromatic N) is 2. The predicted octanol–water partition coefficient (Wildman–Crippen LogP) is 2.54. The van der Waals surface area contributed by atoms with Crippen LogP contribution in [-0.4, -0.2) is 34.2 Å². The summed E-state index contributed by atoms with van der Waals surface area (Å²) in [5.41, 5.74) is 8.04. The highest BCUT2D eigenvalue weighted by atomic mass is 16.3. The van der Waals surface area contributed by atoms with Crippen LogP contribution in [0, 0.1) is 0 Å². The Morgan fingerprint density at radius 3 is 2.81 bits per heavy atom. The van der Waals surface area contributed by atoms with Gasteiger partial charge in [0.15, 0.2) is 5.58 Å². The zero-order chi connectivity index (χ0) is 14.7. The lowest BCUT2D eigenvalue weighted by molar-refractivity contribution is 0.108. The topological polar surface area (TPSA) is 75.5 Å². The molecule has 1 aromatic heterocycles. The first-order chi connectivity index (χ1) is 10.3. The Balaban J connectivity index is 1.78. The molecule has 1 aliphatic rings. The van der Waals surface area contributed by atoms with Gasteiger partial charge >= 0.3 is 0 Å². The molecule has 21 heavy (non-hydrogen) atoms. The lowest BCUT2D eigenvalue weighted by Crippen LogP contribution is -2.38. The summed E-state index contributed by atoms with van der Waals surface area (Å²) in [5, 5.41) is 9.32. The minimum atomic E-state index is 0.166. The third kappa shape index (κ3) is 3.19. The Morgan fingerprint density at radius 2 is 2.10 bits per heavy atom. The fraction of sp³-hybridized carbons (Fsp3) is 0.562. The molecule has 0 saturated heterocycles. The number of hydrogen-bond donors (Lipinski definition) is 2. The number of para-hydroxylation sites is 1. The summed E-state index contributed by atoms with van der Waals surface area (Å²) in [6, 6.07) is 6.12. The summed E-state index contributed by atoms with van der Waals surface area (Å²) in [7, 11) is 0. The Labute approximate surface area is 124 Å². The van der Waals surface area contributed by atoms with E-state index in [9.17, 15) is 5.11 Å². The first-order valence-electron chi connectivity index (χ1n) is 7.77. The van der Waals surface area contributed by atoms with Crippen molar-refractivity contribution in [3.8, 4) is 0 Å². The van der Waals surface area contributed by atoms with Gasteiger partial charge in [-0.1, -0.05) is 25.3 Å². The molecule has 0 bridgehead atoms. The molecule has 3 rings (SSSR count). The molecule has 1 aliphatic carbocycles. The predicted molar refractivity (Wildman–Crippen MR) is 82.8 cm³/mol. The zero-order valence-corrected chi connectivity index (χ0v) is 12.3. The number of fused-ring (bicyclic) bond motifs is 1. The van der Waals surface area contributed by atoms with Crippen molar-refractivity contribution >= 4 is 16.8 Å². The average Bonchev–Trinajstić information content (AvgIpc) is 2.92. The van der Waals surface area contributed by atoms with Gasteiger partial charge in [0.1, 0.15) is 5.52 Å². The van der Waals surface area contributed by atoms with Crippen molar-refractivity contribution in [2.45, 2.75) is 44.7 Å². The van der Waals surface area contributed by atoms with Crippen molar-refractivity contribution in [1.82, 2.24) is 9.88 Å². The highest BCUT2D eigenvalue weighted by Gasteiger charge is 2.22. The molecule has 3 N–H and O–H groups in total. The molecular weight excluding hydrogens is 266 g/mol. The standard InChI is InChI=1S/C16H23N3O2/c17-13-7-4-8-14-16(13)18-15(21-14)11-19(9-10-20)12-5-2-1-3-6-12/h4,7-8,12,20H,1-3,5-6,9-11,17H2. The number of aromatic nitrogens is 1. The van der Waals surface area contributed by atoms with Gasteiger partial charge in [0.05, 0.1) is 18.8 Å². The van der Waals surface area contributed by atoms with Crippen molar-refractivity contribution in [3.63, 3.8) is 0 Å². The van der Waals surface area contributed by atoms with Gasteiger partial charge in [-0.05, 0) is 25.0 Å². The first-order valence-corrected chi connectivity index (χ1v) is 7.77. The van der Waals surface area contributed by atoms with E-state index in [0.29, 0.717) is 30.7 Å². The Bertz CT molecular complexity index is 590. The fourth-order valence-corrected chi connectivity index (χ4v) is 3.22. The van der Waals surface area contributed by atoms with E-state index in [1.807, 2.05) is 18.2 Å². The quantitative estimate of drug-likeness (QED) is 0.827. The van der Waals surface area contributed by atoms with Crippen molar-refractivity contribution in [2.75, 3.05) is 18.9 Å². The van der Waals surface area contributed by atoms with E-state index in [1.54, 1.807) is 0 Å². The van der Waals surface area contributed by atoms with Gasteiger partial charge in [-0.2, -0.15) is 0 Å². The summed E-state index contributed by atoms with van der Waals surface area (Å²) >= 11 is 0. The molecular formula is C16H23N3O2. The SMILES string of the molecule is Nc1cccc2oc(CN(CCO)C3CCCCC3)nc12. The van der Waals surface area contributed by atoms with Gasteiger partial charge in [0, 0.05) is 12.6 Å². The van der Waals surface area contributed by atoms with Crippen LogP contribution in [0.4, 0.5) is 5.69 Å². The van der Waals surface area contributed by atoms with Crippen LogP contribution in [0.25, 0.3) is 11.1 Å². The fourth-order valence-electron chi connectivity index (χ4n) is 3.22. The monoisotopic (exact) mass is 289 g/mol. The molecule has 0 radical (unpaired) electrons. The number of benzene rings is 1. The maximum absolute atomic E-state index is 9.32. The van der Waals surface area contributed by atoms with Gasteiger partial charge in [-0.15, -0.1) is 0 Å². The number of hydrogen-bond acceptors (Lipinski definition) is 5. The minimum Gasteiger partial charge on any atom is -0.439 e. The first kappa shape index (κ1) is 14.4. The second kappa shape index (κ2) is 6.45. The van der Waals surface area contributed by atoms with Crippen LogP contribution in [0.2, 0.25) is 0 Å². The summed E-state index contributed by atoms with van der Waals surface area (Å²) in [6.07, 6.45) is 6.26. The van der Waals surface area contributed by atoms with Crippen LogP contribution in [0.3, 0.4) is 0 Å². The van der Waals surface area contributed by atoms with E-state index in [2.05, 4.69) is 9.88 Å². The van der Waals surface area contributed by atoms with E-state index in [1.165, 1.54) is 32.1 Å². The maximum Gasteiger partial charge on any atom is 0.209 e. The van der Waals surface area contributed by atoms with Crippen LogP contribution in [-0.2, 0) is 6.54 Å². The van der Waals surface area contributed by atoms with E-state index < -0.39 is 0 Å². The van der Waals surface area contributed by atoms with Crippen LogP contribution in [0.1, 0.15) is 38.0 Å². The molecule has 1 aromatic carbocycles. The molecule has 5 heteroatoms. The lowest BCUT2D eigenvalue weighted by atomic mass is 9.94. The third-order valence-electron chi connectivity index (χ3n) is 4.31. The normalized spacial score (nSPS) is 16.9. The summed E-state index contributed by atoms with van der Waals surface area (Å²) in [4.78, 5) is 6.81. The highest BCUT2D eigenvalue weighted by molar-refractivity contribution is 5.85. The molecule has 1 fully saturated rings. The van der Waals surface area contributed by atoms with Gasteiger partial charge in [0.2, 0.25) is 5.89 Å². The van der Waals surface area contributed by atoms with Crippen LogP contribution >= 0.6 is 0 Å². The van der Waals surface area contributed by atoms with Gasteiger partial charge < -0.3 is 15.3 Å². The second-order valence-electron chi connectivity index (χ2n) is 5.79. The van der Waals surface area contributed by atoms with E-state index in [-0.39, 0.29) is 6.61 Å². The molecule has 0 amide bonds. The molecule has 0 spiro atoms. The largest absolute Gasteiger partial charge is 0.439 e. The Morgan fingerprint density at radius 1 is 1.29 bits per heavy atom. The van der Waals surface area contributed by atoms with Gasteiger partial charge in [0.25, 0.3) is 0 Å². The highest BCUT2D eigenvalue weighted by Crippen LogP contribution is 2.26. The number of nitrogen functional groups attached to an aromatic ring is 1. The van der Waals surface area contributed by atoms with Gasteiger partial charge in [-0.25, -0.2) is 4.98 Å². The van der Waals surface area contributed by atoms with Crippen LogP contribution < -0.4 is 5.73 Å². The van der Waals surface area contributed by atoms with Crippen LogP contribution in [0.5, 0.6) is 0 Å². The van der Waals surface area contributed by atoms with Crippen molar-refractivity contribution in [1.29, 1.82) is 0 Å². The summed E-state index contributed by atoms with van der Waals surface area (Å²) in [6.45, 7) is 1.47. The number of oxazole rings is 1. The molecule has 5 nitrogen and oxygen atoms in total. The second-order valence-corrected chi connectivity index (χ2v) is 5.79. The number of nitrogens with two attached hydrogens (primary N) is 1. The average molecular weight is 289 g/mol. The Kier molecular flexibility index (Phi) is 4.41. The molecule has 0 aliphatic heterocycles. The minimum absolute atomic E-state index is 0.166. The molecule has 1 heterocycles.